The topological polar surface area (TPSA) is 63.4 Å². The van der Waals surface area contributed by atoms with E-state index in [1.54, 1.807) is 13.8 Å². The van der Waals surface area contributed by atoms with Crippen molar-refractivity contribution in [1.29, 1.82) is 0 Å². The Labute approximate surface area is 141 Å². The molecule has 1 aromatic carbocycles. The fourth-order valence-electron chi connectivity index (χ4n) is 2.00. The smallest absolute Gasteiger partial charge is 0.330 e. The number of aryl methyl sites for hydroxylation is 1. The van der Waals surface area contributed by atoms with Gasteiger partial charge in [-0.05, 0) is 36.6 Å². The normalized spacial score (nSPS) is 13.1. The highest BCUT2D eigenvalue weighted by atomic mass is 35.5. The average Bonchev–Trinajstić information content (AvgIpc) is 2.37. The molecule has 4 nitrogen and oxygen atoms in total. The van der Waals surface area contributed by atoms with Gasteiger partial charge in [-0.15, -0.1) is 12.4 Å². The Hall–Kier alpha value is -0.830. The first-order valence-corrected chi connectivity index (χ1v) is 8.09. The zero-order valence-corrected chi connectivity index (χ0v) is 15.1. The summed E-state index contributed by atoms with van der Waals surface area (Å²) in [5.41, 5.74) is 4.13. The number of rotatable bonds is 5. The number of nitrogens with zero attached hydrogens (tertiary/aromatic N) is 1. The predicted octanol–water partition coefficient (Wildman–Crippen LogP) is 3.04. The molecule has 0 aliphatic rings. The minimum Gasteiger partial charge on any atom is -0.330 e. The predicted molar refractivity (Wildman–Crippen MR) is 86.1 cm³/mol. The van der Waals surface area contributed by atoms with Crippen LogP contribution in [0.15, 0.2) is 23.1 Å². The second kappa shape index (κ2) is 7.38. The van der Waals surface area contributed by atoms with Gasteiger partial charge in [-0.3, -0.25) is 0 Å². The van der Waals surface area contributed by atoms with Gasteiger partial charge in [0.2, 0.25) is 10.0 Å². The molecule has 0 saturated heterocycles. The zero-order valence-electron chi connectivity index (χ0n) is 13.4. The van der Waals surface area contributed by atoms with Gasteiger partial charge in [0.05, 0.1) is 10.5 Å². The summed E-state index contributed by atoms with van der Waals surface area (Å²) in [7, 11) is -2.67. The number of nitrogens with two attached hydrogens (primary N) is 1. The largest absolute Gasteiger partial charge is 0.416 e. The minimum atomic E-state index is -4.59. The monoisotopic (exact) mass is 374 g/mol. The zero-order chi connectivity index (χ0) is 17.3. The molecule has 0 spiro atoms. The highest BCUT2D eigenvalue weighted by Gasteiger charge is 2.35. The maximum atomic E-state index is 12.9. The first-order valence-electron chi connectivity index (χ1n) is 6.65. The third kappa shape index (κ3) is 5.34. The maximum absolute atomic E-state index is 12.9. The summed E-state index contributed by atoms with van der Waals surface area (Å²) in [6.07, 6.45) is -4.59. The number of hydrogen-bond donors (Lipinski definition) is 1. The first-order chi connectivity index (χ1) is 9.81. The second-order valence-electron chi connectivity index (χ2n) is 6.10. The van der Waals surface area contributed by atoms with E-state index in [0.717, 1.165) is 10.4 Å². The van der Waals surface area contributed by atoms with Gasteiger partial charge in [0.25, 0.3) is 0 Å². The Morgan fingerprint density at radius 1 is 1.22 bits per heavy atom. The summed E-state index contributed by atoms with van der Waals surface area (Å²) < 4.78 is 64.7. The van der Waals surface area contributed by atoms with Gasteiger partial charge in [-0.25, -0.2) is 12.7 Å². The molecule has 0 aliphatic carbocycles. The quantitative estimate of drug-likeness (QED) is 0.861. The van der Waals surface area contributed by atoms with Crippen molar-refractivity contribution in [2.45, 2.75) is 31.8 Å². The molecular formula is C14H22ClF3N2O2S. The molecule has 134 valence electrons. The summed E-state index contributed by atoms with van der Waals surface area (Å²) >= 11 is 0. The van der Waals surface area contributed by atoms with Gasteiger partial charge < -0.3 is 5.73 Å². The van der Waals surface area contributed by atoms with E-state index in [2.05, 4.69) is 0 Å². The molecule has 0 amide bonds. The van der Waals surface area contributed by atoms with Gasteiger partial charge in [-0.2, -0.15) is 13.2 Å². The molecule has 0 atom stereocenters. The van der Waals surface area contributed by atoms with Crippen molar-refractivity contribution in [1.82, 2.24) is 4.31 Å². The van der Waals surface area contributed by atoms with Crippen molar-refractivity contribution in [3.8, 4) is 0 Å². The molecule has 1 rings (SSSR count). The van der Waals surface area contributed by atoms with Crippen LogP contribution in [-0.4, -0.2) is 32.9 Å². The average molecular weight is 375 g/mol. The van der Waals surface area contributed by atoms with E-state index < -0.39 is 27.2 Å². The lowest BCUT2D eigenvalue weighted by Gasteiger charge is -2.28. The fraction of sp³-hybridized carbons (Fsp3) is 0.571. The summed E-state index contributed by atoms with van der Waals surface area (Å²) in [6, 6.07) is 3.03. The molecule has 0 bridgehead atoms. The van der Waals surface area contributed by atoms with Crippen molar-refractivity contribution < 1.29 is 21.6 Å². The Kier molecular flexibility index (Phi) is 7.11. The molecular weight excluding hydrogens is 353 g/mol. The Balaban J connectivity index is 0.00000484. The molecule has 0 aliphatic heterocycles. The van der Waals surface area contributed by atoms with Crippen LogP contribution >= 0.6 is 12.4 Å². The highest BCUT2D eigenvalue weighted by Crippen LogP contribution is 2.34. The molecule has 0 saturated carbocycles. The molecule has 0 radical (unpaired) electrons. The SMILES string of the molecule is Cc1ccc(S(=O)(=O)N(C)CC(C)(C)CN)cc1C(F)(F)F.Cl. The minimum absolute atomic E-state index is 0. The third-order valence-electron chi connectivity index (χ3n) is 3.43. The number of hydrogen-bond acceptors (Lipinski definition) is 3. The van der Waals surface area contributed by atoms with Crippen LogP contribution in [0.25, 0.3) is 0 Å². The second-order valence-corrected chi connectivity index (χ2v) is 8.15. The fourth-order valence-corrected chi connectivity index (χ4v) is 3.39. The van der Waals surface area contributed by atoms with Gasteiger partial charge in [0.1, 0.15) is 0 Å². The van der Waals surface area contributed by atoms with Gasteiger partial charge >= 0.3 is 6.18 Å². The van der Waals surface area contributed by atoms with Crippen molar-refractivity contribution in [2.24, 2.45) is 11.1 Å². The van der Waals surface area contributed by atoms with E-state index in [-0.39, 0.29) is 36.0 Å². The van der Waals surface area contributed by atoms with Crippen LogP contribution in [0.5, 0.6) is 0 Å². The van der Waals surface area contributed by atoms with E-state index in [0.29, 0.717) is 6.07 Å². The standard InChI is InChI=1S/C14H21F3N2O2S.ClH/c1-10-5-6-11(7-12(10)14(15,16)17)22(20,21)19(4)9-13(2,3)8-18;/h5-7H,8-9,18H2,1-4H3;1H. The van der Waals surface area contributed by atoms with Crippen molar-refractivity contribution >= 4 is 22.4 Å². The van der Waals surface area contributed by atoms with E-state index in [9.17, 15) is 21.6 Å². The number of halogens is 4. The lowest BCUT2D eigenvalue weighted by Crippen LogP contribution is -2.39. The molecule has 23 heavy (non-hydrogen) atoms. The van der Waals surface area contributed by atoms with Gasteiger partial charge in [0.15, 0.2) is 0 Å². The Morgan fingerprint density at radius 2 is 1.74 bits per heavy atom. The number of alkyl halides is 3. The van der Waals surface area contributed by atoms with Crippen LogP contribution in [0.1, 0.15) is 25.0 Å². The lowest BCUT2D eigenvalue weighted by molar-refractivity contribution is -0.138. The van der Waals surface area contributed by atoms with E-state index >= 15 is 0 Å². The van der Waals surface area contributed by atoms with Crippen LogP contribution < -0.4 is 5.73 Å². The van der Waals surface area contributed by atoms with Crippen LogP contribution in [0.4, 0.5) is 13.2 Å². The molecule has 2 N–H and O–H groups in total. The maximum Gasteiger partial charge on any atom is 0.416 e. The van der Waals surface area contributed by atoms with Crippen molar-refractivity contribution in [3.05, 3.63) is 29.3 Å². The summed E-state index contributed by atoms with van der Waals surface area (Å²) in [5.74, 6) is 0. The summed E-state index contributed by atoms with van der Waals surface area (Å²) in [6.45, 7) is 5.24. The summed E-state index contributed by atoms with van der Waals surface area (Å²) in [4.78, 5) is -0.374. The summed E-state index contributed by atoms with van der Waals surface area (Å²) in [5, 5.41) is 0. The molecule has 1 aromatic rings. The Morgan fingerprint density at radius 3 is 2.17 bits per heavy atom. The highest BCUT2D eigenvalue weighted by molar-refractivity contribution is 7.89. The van der Waals surface area contributed by atoms with E-state index in [4.69, 9.17) is 5.73 Å². The van der Waals surface area contributed by atoms with Gasteiger partial charge in [0, 0.05) is 13.6 Å². The first kappa shape index (κ1) is 22.2. The molecule has 9 heteroatoms. The van der Waals surface area contributed by atoms with Crippen LogP contribution in [0, 0.1) is 12.3 Å². The van der Waals surface area contributed by atoms with Crippen LogP contribution in [0.3, 0.4) is 0 Å². The molecule has 0 unspecified atom stereocenters. The van der Waals surface area contributed by atoms with Crippen molar-refractivity contribution in [2.75, 3.05) is 20.1 Å². The van der Waals surface area contributed by atoms with E-state index in [1.807, 2.05) is 0 Å². The number of sulfonamides is 1. The molecule has 0 aromatic heterocycles. The molecule has 0 heterocycles. The third-order valence-corrected chi connectivity index (χ3v) is 5.23. The molecule has 0 fully saturated rings. The number of benzene rings is 1. The van der Waals surface area contributed by atoms with Gasteiger partial charge in [-0.1, -0.05) is 19.9 Å². The van der Waals surface area contributed by atoms with Crippen molar-refractivity contribution in [3.63, 3.8) is 0 Å². The van der Waals surface area contributed by atoms with Crippen LogP contribution in [0.2, 0.25) is 0 Å². The lowest BCUT2D eigenvalue weighted by atomic mass is 9.94. The Bertz CT molecular complexity index is 646. The van der Waals surface area contributed by atoms with E-state index in [1.165, 1.54) is 20.0 Å². The van der Waals surface area contributed by atoms with Crippen LogP contribution in [-0.2, 0) is 16.2 Å².